The number of aromatic nitrogens is 2. The van der Waals surface area contributed by atoms with Gasteiger partial charge in [-0.25, -0.2) is 9.48 Å². The predicted octanol–water partition coefficient (Wildman–Crippen LogP) is 3.41. The number of hydrogen-bond acceptors (Lipinski definition) is 4. The van der Waals surface area contributed by atoms with E-state index in [1.165, 1.54) is 18.0 Å². The molecule has 0 N–H and O–H groups in total. The second kappa shape index (κ2) is 7.17. The van der Waals surface area contributed by atoms with Crippen LogP contribution in [-0.4, -0.2) is 33.2 Å². The van der Waals surface area contributed by atoms with Gasteiger partial charge in [0.1, 0.15) is 0 Å². The van der Waals surface area contributed by atoms with Crippen molar-refractivity contribution in [3.8, 4) is 5.69 Å². The van der Waals surface area contributed by atoms with Crippen molar-refractivity contribution < 1.29 is 14.3 Å². The van der Waals surface area contributed by atoms with Crippen LogP contribution in [0.1, 0.15) is 25.5 Å². The number of ketones is 1. The number of para-hydroxylation sites is 1. The van der Waals surface area contributed by atoms with Gasteiger partial charge >= 0.3 is 6.09 Å². The molecule has 1 unspecified atom stereocenters. The molecule has 128 valence electrons. The summed E-state index contributed by atoms with van der Waals surface area (Å²) in [6.45, 7) is 3.50. The standard InChI is InChI=1S/C19H19N3O3/c1-3-25-19(24)21-12-10-16(17(13-21)14(2)23)18-9-11-20-22(18)15-7-5-4-6-8-15/h4-13,16H,3H2,1-2H3. The summed E-state index contributed by atoms with van der Waals surface area (Å²) in [6.07, 6.45) is 6.16. The summed E-state index contributed by atoms with van der Waals surface area (Å²) in [5.41, 5.74) is 2.27. The van der Waals surface area contributed by atoms with Crippen LogP contribution in [-0.2, 0) is 9.53 Å². The first-order chi connectivity index (χ1) is 12.1. The van der Waals surface area contributed by atoms with Crippen molar-refractivity contribution in [2.75, 3.05) is 6.61 Å². The van der Waals surface area contributed by atoms with Crippen LogP contribution in [0.4, 0.5) is 4.79 Å². The average molecular weight is 337 g/mol. The van der Waals surface area contributed by atoms with E-state index in [4.69, 9.17) is 4.74 Å². The maximum Gasteiger partial charge on any atom is 0.417 e. The number of rotatable bonds is 4. The lowest BCUT2D eigenvalue weighted by molar-refractivity contribution is -0.113. The molecular formula is C19H19N3O3. The number of carbonyl (C=O) groups excluding carboxylic acids is 2. The quantitative estimate of drug-likeness (QED) is 0.857. The van der Waals surface area contributed by atoms with Crippen molar-refractivity contribution in [3.05, 3.63) is 72.3 Å². The molecule has 0 fully saturated rings. The fourth-order valence-corrected chi connectivity index (χ4v) is 2.77. The topological polar surface area (TPSA) is 64.4 Å². The minimum Gasteiger partial charge on any atom is -0.449 e. The third-order valence-corrected chi connectivity index (χ3v) is 3.93. The van der Waals surface area contributed by atoms with Gasteiger partial charge in [0, 0.05) is 24.2 Å². The fraction of sp³-hybridized carbons (Fsp3) is 0.211. The second-order valence-electron chi connectivity index (χ2n) is 5.57. The molecule has 6 nitrogen and oxygen atoms in total. The van der Waals surface area contributed by atoms with Crippen LogP contribution in [0.2, 0.25) is 0 Å². The van der Waals surface area contributed by atoms with Gasteiger partial charge in [-0.2, -0.15) is 5.10 Å². The fourth-order valence-electron chi connectivity index (χ4n) is 2.77. The highest BCUT2D eigenvalue weighted by molar-refractivity contribution is 5.96. The van der Waals surface area contributed by atoms with Gasteiger partial charge in [-0.1, -0.05) is 24.3 Å². The Morgan fingerprint density at radius 1 is 1.20 bits per heavy atom. The van der Waals surface area contributed by atoms with E-state index >= 15 is 0 Å². The van der Waals surface area contributed by atoms with Gasteiger partial charge in [0.25, 0.3) is 0 Å². The molecule has 1 atom stereocenters. The number of allylic oxidation sites excluding steroid dienone is 2. The van der Waals surface area contributed by atoms with E-state index in [9.17, 15) is 9.59 Å². The number of hydrogen-bond donors (Lipinski definition) is 0. The molecule has 0 saturated heterocycles. The smallest absolute Gasteiger partial charge is 0.417 e. The molecule has 3 rings (SSSR count). The zero-order chi connectivity index (χ0) is 17.8. The minimum absolute atomic E-state index is 0.107. The largest absolute Gasteiger partial charge is 0.449 e. The normalized spacial score (nSPS) is 16.5. The Balaban J connectivity index is 1.97. The van der Waals surface area contributed by atoms with E-state index in [1.54, 1.807) is 24.0 Å². The number of benzene rings is 1. The molecule has 1 aliphatic rings. The number of carbonyl (C=O) groups is 2. The summed E-state index contributed by atoms with van der Waals surface area (Å²) in [5, 5.41) is 4.38. The maximum atomic E-state index is 12.2. The van der Waals surface area contributed by atoms with Gasteiger partial charge in [0.15, 0.2) is 5.78 Å². The molecule has 1 aromatic heterocycles. The van der Waals surface area contributed by atoms with Gasteiger partial charge in [0.2, 0.25) is 0 Å². The first-order valence-corrected chi connectivity index (χ1v) is 8.07. The Labute approximate surface area is 146 Å². The third-order valence-electron chi connectivity index (χ3n) is 3.93. The van der Waals surface area contributed by atoms with Crippen molar-refractivity contribution >= 4 is 11.9 Å². The van der Waals surface area contributed by atoms with E-state index in [1.807, 2.05) is 42.5 Å². The lowest BCUT2D eigenvalue weighted by Crippen LogP contribution is -2.27. The molecule has 0 saturated carbocycles. The molecule has 0 spiro atoms. The lowest BCUT2D eigenvalue weighted by atomic mass is 9.91. The molecule has 2 heterocycles. The Morgan fingerprint density at radius 3 is 2.64 bits per heavy atom. The van der Waals surface area contributed by atoms with Crippen LogP contribution in [0.25, 0.3) is 5.69 Å². The van der Waals surface area contributed by atoms with Crippen molar-refractivity contribution in [2.24, 2.45) is 0 Å². The van der Waals surface area contributed by atoms with Gasteiger partial charge in [-0.3, -0.25) is 9.69 Å². The second-order valence-corrected chi connectivity index (χ2v) is 5.57. The molecule has 25 heavy (non-hydrogen) atoms. The van der Waals surface area contributed by atoms with Crippen LogP contribution >= 0.6 is 0 Å². The van der Waals surface area contributed by atoms with Crippen LogP contribution < -0.4 is 0 Å². The highest BCUT2D eigenvalue weighted by Crippen LogP contribution is 2.31. The first kappa shape index (κ1) is 16.7. The summed E-state index contributed by atoms with van der Waals surface area (Å²) >= 11 is 0. The van der Waals surface area contributed by atoms with Gasteiger partial charge < -0.3 is 4.74 Å². The Kier molecular flexibility index (Phi) is 4.79. The SMILES string of the molecule is CCOC(=O)N1C=CC(c2ccnn2-c2ccccc2)C(C(C)=O)=C1. The van der Waals surface area contributed by atoms with E-state index in [-0.39, 0.29) is 18.3 Å². The maximum absolute atomic E-state index is 12.2. The summed E-state index contributed by atoms with van der Waals surface area (Å²) in [4.78, 5) is 25.4. The Hall–Kier alpha value is -3.15. The molecule has 2 aromatic rings. The van der Waals surface area contributed by atoms with Crippen molar-refractivity contribution in [1.29, 1.82) is 0 Å². The van der Waals surface area contributed by atoms with Crippen molar-refractivity contribution in [1.82, 2.24) is 14.7 Å². The summed E-state index contributed by atoms with van der Waals surface area (Å²) < 4.78 is 6.79. The van der Waals surface area contributed by atoms with Crippen LogP contribution in [0.5, 0.6) is 0 Å². The molecule has 0 radical (unpaired) electrons. The molecule has 1 aliphatic heterocycles. The zero-order valence-electron chi connectivity index (χ0n) is 14.1. The van der Waals surface area contributed by atoms with Crippen LogP contribution in [0.3, 0.4) is 0 Å². The van der Waals surface area contributed by atoms with E-state index < -0.39 is 6.09 Å². The number of Topliss-reactive ketones (excluding diaryl/α,β-unsaturated/α-hetero) is 1. The average Bonchev–Trinajstić information content (AvgIpc) is 3.11. The highest BCUT2D eigenvalue weighted by atomic mass is 16.5. The van der Waals surface area contributed by atoms with Gasteiger partial charge in [-0.05, 0) is 32.0 Å². The zero-order valence-corrected chi connectivity index (χ0v) is 14.1. The van der Waals surface area contributed by atoms with Crippen molar-refractivity contribution in [3.63, 3.8) is 0 Å². The van der Waals surface area contributed by atoms with Gasteiger partial charge in [0.05, 0.1) is 23.9 Å². The van der Waals surface area contributed by atoms with Crippen LogP contribution in [0, 0.1) is 0 Å². The van der Waals surface area contributed by atoms with E-state index in [0.717, 1.165) is 11.4 Å². The van der Waals surface area contributed by atoms with Gasteiger partial charge in [-0.15, -0.1) is 0 Å². The Bertz CT molecular complexity index is 837. The summed E-state index contributed by atoms with van der Waals surface area (Å²) in [5.74, 6) is -0.393. The summed E-state index contributed by atoms with van der Waals surface area (Å²) in [6, 6.07) is 11.6. The van der Waals surface area contributed by atoms with Crippen LogP contribution in [0.15, 0.2) is 66.6 Å². The minimum atomic E-state index is -0.507. The number of nitrogens with zero attached hydrogens (tertiary/aromatic N) is 3. The number of amides is 1. The van der Waals surface area contributed by atoms with E-state index in [2.05, 4.69) is 5.10 Å². The molecule has 6 heteroatoms. The third kappa shape index (κ3) is 3.38. The molecule has 0 aliphatic carbocycles. The predicted molar refractivity (Wildman–Crippen MR) is 93.1 cm³/mol. The van der Waals surface area contributed by atoms with Crippen molar-refractivity contribution in [2.45, 2.75) is 19.8 Å². The Morgan fingerprint density at radius 2 is 1.96 bits per heavy atom. The van der Waals surface area contributed by atoms with E-state index in [0.29, 0.717) is 5.57 Å². The monoisotopic (exact) mass is 337 g/mol. The molecule has 1 aromatic carbocycles. The molecule has 1 amide bonds. The highest BCUT2D eigenvalue weighted by Gasteiger charge is 2.27. The number of ether oxygens (including phenoxy) is 1. The molecule has 0 bridgehead atoms. The lowest BCUT2D eigenvalue weighted by Gasteiger charge is -2.24. The first-order valence-electron chi connectivity index (χ1n) is 8.07. The molecular weight excluding hydrogens is 318 g/mol. The summed E-state index contributed by atoms with van der Waals surface area (Å²) in [7, 11) is 0.